The van der Waals surface area contributed by atoms with Crippen molar-refractivity contribution in [2.45, 2.75) is 6.54 Å². The normalized spacial score (nSPS) is 10.5. The van der Waals surface area contributed by atoms with Gasteiger partial charge in [0.1, 0.15) is 10.8 Å². The number of pyridine rings is 1. The summed E-state index contributed by atoms with van der Waals surface area (Å²) in [5, 5.41) is 8.59. The van der Waals surface area contributed by atoms with E-state index in [1.807, 2.05) is 12.1 Å². The molecule has 0 spiro atoms. The number of anilines is 2. The van der Waals surface area contributed by atoms with Gasteiger partial charge in [-0.05, 0) is 51.6 Å². The third kappa shape index (κ3) is 2.59. The lowest BCUT2D eigenvalue weighted by Crippen LogP contribution is -1.98. The number of thiophene rings is 1. The van der Waals surface area contributed by atoms with Crippen molar-refractivity contribution in [2.75, 3.05) is 11.1 Å². The SMILES string of the molecule is Nc1nsc(NCc2ccsc2)c1-c1ccncc1. The molecule has 0 amide bonds. The van der Waals surface area contributed by atoms with Gasteiger partial charge < -0.3 is 11.1 Å². The van der Waals surface area contributed by atoms with Gasteiger partial charge in [-0.1, -0.05) is 0 Å². The summed E-state index contributed by atoms with van der Waals surface area (Å²) in [4.78, 5) is 4.02. The molecule has 4 nitrogen and oxygen atoms in total. The summed E-state index contributed by atoms with van der Waals surface area (Å²) in [7, 11) is 0. The van der Waals surface area contributed by atoms with Crippen molar-refractivity contribution in [1.82, 2.24) is 9.36 Å². The topological polar surface area (TPSA) is 63.8 Å². The average Bonchev–Trinajstić information content (AvgIpc) is 3.07. The lowest BCUT2D eigenvalue weighted by Gasteiger charge is -2.06. The molecule has 3 rings (SSSR count). The van der Waals surface area contributed by atoms with Gasteiger partial charge in [0.25, 0.3) is 0 Å². The first kappa shape index (κ1) is 12.1. The van der Waals surface area contributed by atoms with Crippen LogP contribution in [0.2, 0.25) is 0 Å². The molecule has 0 aliphatic rings. The van der Waals surface area contributed by atoms with Gasteiger partial charge in [-0.3, -0.25) is 4.98 Å². The second-order valence-corrected chi connectivity index (χ2v) is 5.55. The molecule has 0 saturated carbocycles. The maximum absolute atomic E-state index is 5.96. The summed E-state index contributed by atoms with van der Waals surface area (Å²) < 4.78 is 4.23. The van der Waals surface area contributed by atoms with Gasteiger partial charge in [-0.15, -0.1) is 0 Å². The Balaban J connectivity index is 1.87. The van der Waals surface area contributed by atoms with Crippen LogP contribution < -0.4 is 11.1 Å². The van der Waals surface area contributed by atoms with E-state index in [0.29, 0.717) is 5.82 Å². The molecule has 0 bridgehead atoms. The number of nitrogens with zero attached hydrogens (tertiary/aromatic N) is 2. The van der Waals surface area contributed by atoms with Crippen molar-refractivity contribution in [1.29, 1.82) is 0 Å². The van der Waals surface area contributed by atoms with Crippen LogP contribution in [-0.2, 0) is 6.54 Å². The second-order valence-electron chi connectivity index (χ2n) is 3.99. The fourth-order valence-corrected chi connectivity index (χ4v) is 3.20. The molecule has 0 aromatic carbocycles. The largest absolute Gasteiger partial charge is 0.382 e. The van der Waals surface area contributed by atoms with Gasteiger partial charge in [0.15, 0.2) is 0 Å². The highest BCUT2D eigenvalue weighted by molar-refractivity contribution is 7.11. The maximum atomic E-state index is 5.96. The predicted octanol–water partition coefficient (Wildman–Crippen LogP) is 3.46. The Morgan fingerprint density at radius 1 is 1.21 bits per heavy atom. The van der Waals surface area contributed by atoms with E-state index in [4.69, 9.17) is 5.73 Å². The first-order valence-electron chi connectivity index (χ1n) is 5.75. The molecule has 3 aromatic heterocycles. The average molecular weight is 288 g/mol. The molecule has 6 heteroatoms. The van der Waals surface area contributed by atoms with Crippen LogP contribution in [0.3, 0.4) is 0 Å². The molecule has 3 aromatic rings. The minimum absolute atomic E-state index is 0.559. The first-order chi connectivity index (χ1) is 9.34. The third-order valence-corrected chi connectivity index (χ3v) is 4.27. The molecule has 3 heterocycles. The molecule has 96 valence electrons. The van der Waals surface area contributed by atoms with E-state index in [1.54, 1.807) is 23.7 Å². The van der Waals surface area contributed by atoms with E-state index < -0.39 is 0 Å². The fraction of sp³-hybridized carbons (Fsp3) is 0.0769. The number of hydrogen-bond donors (Lipinski definition) is 2. The molecule has 0 saturated heterocycles. The van der Waals surface area contributed by atoms with Crippen LogP contribution in [0.4, 0.5) is 10.8 Å². The fourth-order valence-electron chi connectivity index (χ4n) is 1.80. The van der Waals surface area contributed by atoms with Gasteiger partial charge in [0.05, 0.1) is 5.56 Å². The first-order valence-corrected chi connectivity index (χ1v) is 7.46. The summed E-state index contributed by atoms with van der Waals surface area (Å²) in [6, 6.07) is 5.99. The number of nitrogen functional groups attached to an aromatic ring is 1. The Labute approximate surface area is 119 Å². The van der Waals surface area contributed by atoms with Crippen LogP contribution in [0.15, 0.2) is 41.4 Å². The number of hydrogen-bond acceptors (Lipinski definition) is 6. The molecular formula is C13H12N4S2. The van der Waals surface area contributed by atoms with Gasteiger partial charge in [-0.2, -0.15) is 15.7 Å². The Hall–Kier alpha value is -1.92. The minimum Gasteiger partial charge on any atom is -0.382 e. The molecule has 19 heavy (non-hydrogen) atoms. The summed E-state index contributed by atoms with van der Waals surface area (Å²) in [5.41, 5.74) is 9.22. The number of nitrogens with one attached hydrogen (secondary N) is 1. The van der Waals surface area contributed by atoms with Crippen LogP contribution in [0.1, 0.15) is 5.56 Å². The van der Waals surface area contributed by atoms with Crippen molar-refractivity contribution in [2.24, 2.45) is 0 Å². The lowest BCUT2D eigenvalue weighted by molar-refractivity contribution is 1.18. The summed E-state index contributed by atoms with van der Waals surface area (Å²) in [6.45, 7) is 0.781. The highest BCUT2D eigenvalue weighted by Crippen LogP contribution is 2.36. The Kier molecular flexibility index (Phi) is 3.43. The van der Waals surface area contributed by atoms with Gasteiger partial charge >= 0.3 is 0 Å². The quantitative estimate of drug-likeness (QED) is 0.771. The van der Waals surface area contributed by atoms with Crippen LogP contribution >= 0.6 is 22.9 Å². The third-order valence-electron chi connectivity index (χ3n) is 2.72. The van der Waals surface area contributed by atoms with Crippen molar-refractivity contribution < 1.29 is 0 Å². The molecule has 3 N–H and O–H groups in total. The molecule has 0 fully saturated rings. The molecule has 0 unspecified atom stereocenters. The second kappa shape index (κ2) is 5.38. The molecule has 0 radical (unpaired) electrons. The van der Waals surface area contributed by atoms with E-state index in [9.17, 15) is 0 Å². The van der Waals surface area contributed by atoms with E-state index >= 15 is 0 Å². The molecule has 0 aliphatic heterocycles. The maximum Gasteiger partial charge on any atom is 0.147 e. The zero-order chi connectivity index (χ0) is 13.1. The van der Waals surface area contributed by atoms with E-state index in [2.05, 4.69) is 31.5 Å². The van der Waals surface area contributed by atoms with Crippen molar-refractivity contribution in [3.8, 4) is 11.1 Å². The number of rotatable bonds is 4. The summed E-state index contributed by atoms with van der Waals surface area (Å²) in [6.07, 6.45) is 3.52. The Bertz CT molecular complexity index is 647. The molecular weight excluding hydrogens is 276 g/mol. The van der Waals surface area contributed by atoms with Crippen molar-refractivity contribution >= 4 is 33.7 Å². The standard InChI is InChI=1S/C13H12N4S2/c14-12-11(10-1-4-15-5-2-10)13(19-17-12)16-7-9-3-6-18-8-9/h1-6,8,16H,7H2,(H2,14,17). The van der Waals surface area contributed by atoms with Crippen LogP contribution in [0.5, 0.6) is 0 Å². The Morgan fingerprint density at radius 3 is 2.79 bits per heavy atom. The van der Waals surface area contributed by atoms with E-state index in [-0.39, 0.29) is 0 Å². The van der Waals surface area contributed by atoms with E-state index in [0.717, 1.165) is 22.7 Å². The van der Waals surface area contributed by atoms with E-state index in [1.165, 1.54) is 17.1 Å². The zero-order valence-electron chi connectivity index (χ0n) is 10.0. The van der Waals surface area contributed by atoms with Crippen LogP contribution in [0.25, 0.3) is 11.1 Å². The van der Waals surface area contributed by atoms with Crippen molar-refractivity contribution in [3.05, 3.63) is 46.9 Å². The molecule has 0 aliphatic carbocycles. The Morgan fingerprint density at radius 2 is 2.05 bits per heavy atom. The summed E-state index contributed by atoms with van der Waals surface area (Å²) in [5.74, 6) is 0.559. The lowest BCUT2D eigenvalue weighted by atomic mass is 10.1. The molecule has 0 atom stereocenters. The predicted molar refractivity (Wildman–Crippen MR) is 81.4 cm³/mol. The smallest absolute Gasteiger partial charge is 0.147 e. The highest BCUT2D eigenvalue weighted by atomic mass is 32.1. The highest BCUT2D eigenvalue weighted by Gasteiger charge is 2.13. The summed E-state index contributed by atoms with van der Waals surface area (Å²) >= 11 is 3.09. The van der Waals surface area contributed by atoms with Crippen LogP contribution in [-0.4, -0.2) is 9.36 Å². The van der Waals surface area contributed by atoms with Crippen LogP contribution in [0, 0.1) is 0 Å². The van der Waals surface area contributed by atoms with Crippen molar-refractivity contribution in [3.63, 3.8) is 0 Å². The number of aromatic nitrogens is 2. The van der Waals surface area contributed by atoms with Gasteiger partial charge in [0.2, 0.25) is 0 Å². The van der Waals surface area contributed by atoms with Gasteiger partial charge in [-0.25, -0.2) is 0 Å². The minimum atomic E-state index is 0.559. The van der Waals surface area contributed by atoms with Gasteiger partial charge in [0, 0.05) is 18.9 Å². The monoisotopic (exact) mass is 288 g/mol. The number of nitrogens with two attached hydrogens (primary N) is 1. The zero-order valence-corrected chi connectivity index (χ0v) is 11.7.